The molecule has 0 radical (unpaired) electrons. The highest BCUT2D eigenvalue weighted by Gasteiger charge is 2.17. The van der Waals surface area contributed by atoms with Gasteiger partial charge in [0.15, 0.2) is 0 Å². The quantitative estimate of drug-likeness (QED) is 0.795. The van der Waals surface area contributed by atoms with E-state index >= 15 is 0 Å². The summed E-state index contributed by atoms with van der Waals surface area (Å²) in [5.41, 5.74) is 7.82. The second-order valence-corrected chi connectivity index (χ2v) is 7.47. The van der Waals surface area contributed by atoms with Crippen LogP contribution in [0, 0.1) is 0 Å². The zero-order valence-corrected chi connectivity index (χ0v) is 14.0. The molecule has 0 bridgehead atoms. The van der Waals surface area contributed by atoms with E-state index < -0.39 is 10.0 Å². The van der Waals surface area contributed by atoms with Gasteiger partial charge >= 0.3 is 0 Å². The molecule has 0 amide bonds. The lowest BCUT2D eigenvalue weighted by molar-refractivity contribution is 0.565. The molecule has 21 heavy (non-hydrogen) atoms. The SMILES string of the molecule is CC(NS(=O)(=O)Cc1ccc(N)cc1)c1ccccc1Br. The Balaban J connectivity index is 2.10. The van der Waals surface area contributed by atoms with Gasteiger partial charge in [0, 0.05) is 16.2 Å². The molecule has 0 aromatic heterocycles. The highest BCUT2D eigenvalue weighted by atomic mass is 79.9. The van der Waals surface area contributed by atoms with Crippen LogP contribution >= 0.6 is 15.9 Å². The van der Waals surface area contributed by atoms with E-state index in [9.17, 15) is 8.42 Å². The van der Waals surface area contributed by atoms with Gasteiger partial charge in [0.05, 0.1) is 5.75 Å². The van der Waals surface area contributed by atoms with Crippen LogP contribution in [0.1, 0.15) is 24.1 Å². The lowest BCUT2D eigenvalue weighted by Gasteiger charge is -2.16. The van der Waals surface area contributed by atoms with Crippen molar-refractivity contribution in [3.05, 3.63) is 64.1 Å². The first-order chi connectivity index (χ1) is 9.87. The fourth-order valence-electron chi connectivity index (χ4n) is 2.03. The predicted octanol–water partition coefficient (Wildman–Crippen LogP) is 3.21. The normalized spacial score (nSPS) is 13.0. The molecule has 2 aromatic rings. The molecule has 0 saturated carbocycles. The minimum absolute atomic E-state index is 0.0674. The zero-order valence-electron chi connectivity index (χ0n) is 11.6. The van der Waals surface area contributed by atoms with Crippen LogP contribution < -0.4 is 10.5 Å². The molecular weight excluding hydrogens is 352 g/mol. The molecule has 0 aliphatic rings. The van der Waals surface area contributed by atoms with Crippen LogP contribution in [0.2, 0.25) is 0 Å². The first-order valence-corrected chi connectivity index (χ1v) is 8.91. The average Bonchev–Trinajstić information content (AvgIpc) is 2.41. The van der Waals surface area contributed by atoms with Gasteiger partial charge in [-0.1, -0.05) is 46.3 Å². The van der Waals surface area contributed by atoms with E-state index in [4.69, 9.17) is 5.73 Å². The molecule has 0 spiro atoms. The van der Waals surface area contributed by atoms with Gasteiger partial charge in [-0.3, -0.25) is 0 Å². The van der Waals surface area contributed by atoms with Crippen molar-refractivity contribution >= 4 is 31.6 Å². The Hall–Kier alpha value is -1.37. The molecule has 0 aliphatic carbocycles. The summed E-state index contributed by atoms with van der Waals surface area (Å²) in [5.74, 6) is -0.0674. The number of anilines is 1. The maximum absolute atomic E-state index is 12.2. The number of nitrogens with one attached hydrogen (secondary N) is 1. The largest absolute Gasteiger partial charge is 0.399 e. The van der Waals surface area contributed by atoms with Crippen LogP contribution in [0.3, 0.4) is 0 Å². The van der Waals surface area contributed by atoms with Crippen LogP contribution in [0.5, 0.6) is 0 Å². The van der Waals surface area contributed by atoms with E-state index in [0.29, 0.717) is 11.3 Å². The molecule has 2 rings (SSSR count). The smallest absolute Gasteiger partial charge is 0.216 e. The van der Waals surface area contributed by atoms with Crippen LogP contribution in [0.15, 0.2) is 53.0 Å². The summed E-state index contributed by atoms with van der Waals surface area (Å²) in [7, 11) is -3.42. The second-order valence-electron chi connectivity index (χ2n) is 4.86. The number of nitrogens with two attached hydrogens (primary N) is 1. The number of hydrogen-bond acceptors (Lipinski definition) is 3. The van der Waals surface area contributed by atoms with Gasteiger partial charge < -0.3 is 5.73 Å². The minimum Gasteiger partial charge on any atom is -0.399 e. The van der Waals surface area contributed by atoms with Crippen molar-refractivity contribution in [1.82, 2.24) is 4.72 Å². The van der Waals surface area contributed by atoms with Gasteiger partial charge in [-0.2, -0.15) is 0 Å². The van der Waals surface area contributed by atoms with Crippen molar-refractivity contribution in [3.8, 4) is 0 Å². The van der Waals surface area contributed by atoms with Crippen LogP contribution in [0.25, 0.3) is 0 Å². The van der Waals surface area contributed by atoms with Crippen LogP contribution in [-0.4, -0.2) is 8.42 Å². The molecular formula is C15H17BrN2O2S. The number of halogens is 1. The molecule has 1 atom stereocenters. The highest BCUT2D eigenvalue weighted by molar-refractivity contribution is 9.10. The molecule has 3 N–H and O–H groups in total. The molecule has 0 aliphatic heterocycles. The summed E-state index contributed by atoms with van der Waals surface area (Å²) in [6.45, 7) is 1.82. The average molecular weight is 369 g/mol. The van der Waals surface area contributed by atoms with E-state index in [1.807, 2.05) is 31.2 Å². The lowest BCUT2D eigenvalue weighted by atomic mass is 10.1. The van der Waals surface area contributed by atoms with Crippen LogP contribution in [0.4, 0.5) is 5.69 Å². The van der Waals surface area contributed by atoms with Crippen LogP contribution in [-0.2, 0) is 15.8 Å². The Kier molecular flexibility index (Phi) is 5.03. The van der Waals surface area contributed by atoms with E-state index in [2.05, 4.69) is 20.7 Å². The number of sulfonamides is 1. The van der Waals surface area contributed by atoms with Gasteiger partial charge in [0.25, 0.3) is 0 Å². The zero-order chi connectivity index (χ0) is 15.5. The number of hydrogen-bond donors (Lipinski definition) is 2. The van der Waals surface area contributed by atoms with E-state index in [-0.39, 0.29) is 11.8 Å². The van der Waals surface area contributed by atoms with Crippen molar-refractivity contribution in [2.45, 2.75) is 18.7 Å². The predicted molar refractivity (Wildman–Crippen MR) is 89.2 cm³/mol. The monoisotopic (exact) mass is 368 g/mol. The fourth-order valence-corrected chi connectivity index (χ4v) is 4.04. The molecule has 6 heteroatoms. The van der Waals surface area contributed by atoms with E-state index in [1.54, 1.807) is 24.3 Å². The van der Waals surface area contributed by atoms with Gasteiger partial charge in [0.1, 0.15) is 0 Å². The van der Waals surface area contributed by atoms with Crippen molar-refractivity contribution in [3.63, 3.8) is 0 Å². The summed E-state index contributed by atoms with van der Waals surface area (Å²) in [6, 6.07) is 14.1. The van der Waals surface area contributed by atoms with Crippen molar-refractivity contribution in [2.24, 2.45) is 0 Å². The number of rotatable bonds is 5. The van der Waals surface area contributed by atoms with E-state index in [0.717, 1.165) is 10.0 Å². The van der Waals surface area contributed by atoms with Crippen molar-refractivity contribution < 1.29 is 8.42 Å². The Labute approximate surface area is 133 Å². The number of nitrogen functional groups attached to an aromatic ring is 1. The molecule has 2 aromatic carbocycles. The Bertz CT molecular complexity index is 715. The Morgan fingerprint density at radius 3 is 2.38 bits per heavy atom. The maximum atomic E-state index is 12.2. The first kappa shape index (κ1) is 16.0. The second kappa shape index (κ2) is 6.60. The summed E-state index contributed by atoms with van der Waals surface area (Å²) in [6.07, 6.45) is 0. The molecule has 1 unspecified atom stereocenters. The van der Waals surface area contributed by atoms with Gasteiger partial charge in [-0.15, -0.1) is 0 Å². The Morgan fingerprint density at radius 1 is 1.14 bits per heavy atom. The van der Waals surface area contributed by atoms with E-state index in [1.165, 1.54) is 0 Å². The minimum atomic E-state index is -3.42. The molecule has 0 heterocycles. The van der Waals surface area contributed by atoms with Crippen molar-refractivity contribution in [1.29, 1.82) is 0 Å². The standard InChI is InChI=1S/C15H17BrN2O2S/c1-11(14-4-2-3-5-15(14)16)18-21(19,20)10-12-6-8-13(17)9-7-12/h2-9,11,18H,10,17H2,1H3. The van der Waals surface area contributed by atoms with Gasteiger partial charge in [-0.25, -0.2) is 13.1 Å². The summed E-state index contributed by atoms with van der Waals surface area (Å²) >= 11 is 3.43. The van der Waals surface area contributed by atoms with Gasteiger partial charge in [-0.05, 0) is 36.2 Å². The maximum Gasteiger partial charge on any atom is 0.216 e. The van der Waals surface area contributed by atoms with Gasteiger partial charge in [0.2, 0.25) is 10.0 Å². The lowest BCUT2D eigenvalue weighted by Crippen LogP contribution is -2.28. The first-order valence-electron chi connectivity index (χ1n) is 6.46. The third kappa shape index (κ3) is 4.56. The molecule has 0 saturated heterocycles. The summed E-state index contributed by atoms with van der Waals surface area (Å²) < 4.78 is 28.0. The summed E-state index contributed by atoms with van der Waals surface area (Å²) in [4.78, 5) is 0. The highest BCUT2D eigenvalue weighted by Crippen LogP contribution is 2.23. The number of benzene rings is 2. The molecule has 0 fully saturated rings. The third-order valence-corrected chi connectivity index (χ3v) is 5.21. The van der Waals surface area contributed by atoms with Crippen molar-refractivity contribution in [2.75, 3.05) is 5.73 Å². The summed E-state index contributed by atoms with van der Waals surface area (Å²) in [5, 5.41) is 0. The fraction of sp³-hybridized carbons (Fsp3) is 0.200. The topological polar surface area (TPSA) is 72.2 Å². The Morgan fingerprint density at radius 2 is 1.76 bits per heavy atom. The third-order valence-electron chi connectivity index (χ3n) is 3.06. The molecule has 112 valence electrons. The molecule has 4 nitrogen and oxygen atoms in total.